The average molecular weight is 362 g/mol. The minimum absolute atomic E-state index is 0. The van der Waals surface area contributed by atoms with Gasteiger partial charge in [-0.15, -0.1) is 0 Å². The Bertz CT molecular complexity index is 701. The zero-order chi connectivity index (χ0) is 17.7. The zero-order valence-electron chi connectivity index (χ0n) is 15.4. The molecule has 2 rings (SSSR count). The molecule has 136 valence electrons. The maximum absolute atomic E-state index is 12.5. The summed E-state index contributed by atoms with van der Waals surface area (Å²) in [6.45, 7) is 8.76. The molecule has 2 unspecified atom stereocenters. The van der Waals surface area contributed by atoms with Crippen molar-refractivity contribution in [2.75, 3.05) is 6.54 Å². The summed E-state index contributed by atoms with van der Waals surface area (Å²) in [6.07, 6.45) is -0.0421. The second-order valence-electron chi connectivity index (χ2n) is 6.66. The van der Waals surface area contributed by atoms with Crippen molar-refractivity contribution in [2.45, 2.75) is 46.3 Å². The molecule has 0 aliphatic heterocycles. The van der Waals surface area contributed by atoms with Crippen molar-refractivity contribution in [1.82, 2.24) is 0 Å². The molecule has 0 bridgehead atoms. The molecule has 0 aliphatic carbocycles. The fraction of sp³-hybridized carbons (Fsp3) is 0.381. The number of Topliss-reactive ketones (excluding diaryl/α,β-unsaturated/α-hetero) is 1. The van der Waals surface area contributed by atoms with Crippen molar-refractivity contribution in [3.8, 4) is 0 Å². The Morgan fingerprint density at radius 3 is 2.28 bits per heavy atom. The summed E-state index contributed by atoms with van der Waals surface area (Å²) in [4.78, 5) is 12.5. The maximum Gasteiger partial charge on any atom is 0.168 e. The molecular formula is C21H28ClNO2. The largest absolute Gasteiger partial charge is 1.00 e. The first-order valence-corrected chi connectivity index (χ1v) is 8.57. The summed E-state index contributed by atoms with van der Waals surface area (Å²) < 4.78 is 0. The highest BCUT2D eigenvalue weighted by molar-refractivity contribution is 5.97. The first-order valence-electron chi connectivity index (χ1n) is 8.57. The number of carbonyl (C=O) groups excluding carboxylic acids is 1. The lowest BCUT2D eigenvalue weighted by Crippen LogP contribution is -3.00. The van der Waals surface area contributed by atoms with Crippen molar-refractivity contribution in [1.29, 1.82) is 0 Å². The predicted octanol–water partition coefficient (Wildman–Crippen LogP) is -0.126. The van der Waals surface area contributed by atoms with E-state index in [2.05, 4.69) is 13.0 Å². The smallest absolute Gasteiger partial charge is 0.168 e. The van der Waals surface area contributed by atoms with E-state index >= 15 is 0 Å². The summed E-state index contributed by atoms with van der Waals surface area (Å²) in [5.74, 6) is 0.174. The molecule has 0 amide bonds. The van der Waals surface area contributed by atoms with Gasteiger partial charge in [-0.3, -0.25) is 4.79 Å². The molecule has 0 saturated carbocycles. The number of rotatable bonds is 7. The highest BCUT2D eigenvalue weighted by Gasteiger charge is 2.19. The van der Waals surface area contributed by atoms with Crippen molar-refractivity contribution in [3.63, 3.8) is 0 Å². The van der Waals surface area contributed by atoms with Gasteiger partial charge in [-0.1, -0.05) is 36.4 Å². The predicted molar refractivity (Wildman–Crippen MR) is 97.3 cm³/mol. The van der Waals surface area contributed by atoms with Gasteiger partial charge in [-0.05, 0) is 56.0 Å². The SMILES string of the molecule is Cc1cc(C)c(C(=O)CC[NH2+]C(C)C(O)c2ccccc2)cc1C.[Cl-]. The molecular weight excluding hydrogens is 334 g/mol. The van der Waals surface area contributed by atoms with Crippen molar-refractivity contribution in [2.24, 2.45) is 0 Å². The number of ketones is 1. The quantitative estimate of drug-likeness (QED) is 0.675. The number of aliphatic hydroxyl groups excluding tert-OH is 1. The fourth-order valence-electron chi connectivity index (χ4n) is 2.96. The number of nitrogens with two attached hydrogens (primary N) is 1. The maximum atomic E-state index is 12.5. The monoisotopic (exact) mass is 361 g/mol. The number of aliphatic hydroxyl groups is 1. The van der Waals surface area contributed by atoms with E-state index in [9.17, 15) is 9.90 Å². The van der Waals surface area contributed by atoms with Gasteiger partial charge in [0.15, 0.2) is 5.78 Å². The number of aryl methyl sites for hydroxylation is 3. The Morgan fingerprint density at radius 1 is 1.04 bits per heavy atom. The van der Waals surface area contributed by atoms with Crippen LogP contribution in [0, 0.1) is 20.8 Å². The minimum atomic E-state index is -0.523. The Balaban J connectivity index is 0.00000312. The summed E-state index contributed by atoms with van der Waals surface area (Å²) >= 11 is 0. The molecule has 0 radical (unpaired) electrons. The summed E-state index contributed by atoms with van der Waals surface area (Å²) in [5.41, 5.74) is 5.15. The number of halogens is 1. The molecule has 3 N–H and O–H groups in total. The van der Waals surface area contributed by atoms with Crippen LogP contribution in [0.1, 0.15) is 52.1 Å². The van der Waals surface area contributed by atoms with Crippen molar-refractivity contribution in [3.05, 3.63) is 70.3 Å². The first kappa shape index (κ1) is 21.4. The summed E-state index contributed by atoms with van der Waals surface area (Å²) in [5, 5.41) is 12.4. The van der Waals surface area contributed by atoms with Crippen LogP contribution < -0.4 is 17.7 Å². The molecule has 4 heteroatoms. The molecule has 0 fully saturated rings. The molecule has 0 saturated heterocycles. The number of carbonyl (C=O) groups is 1. The van der Waals surface area contributed by atoms with Crippen LogP contribution >= 0.6 is 0 Å². The van der Waals surface area contributed by atoms with Gasteiger partial charge in [0.25, 0.3) is 0 Å². The van der Waals surface area contributed by atoms with Crippen LogP contribution in [0.25, 0.3) is 0 Å². The van der Waals surface area contributed by atoms with Crippen LogP contribution in [0.4, 0.5) is 0 Å². The number of hydrogen-bond donors (Lipinski definition) is 2. The number of benzene rings is 2. The van der Waals surface area contributed by atoms with E-state index in [0.29, 0.717) is 13.0 Å². The fourth-order valence-corrected chi connectivity index (χ4v) is 2.96. The standard InChI is InChI=1S/C21H27NO2.ClH/c1-14-12-16(3)19(13-15(14)2)20(23)10-11-22-17(4)21(24)18-8-6-5-7-9-18;/h5-9,12-13,17,21-22,24H,10-11H2,1-4H3;1H. The topological polar surface area (TPSA) is 53.9 Å². The second kappa shape index (κ2) is 9.71. The molecule has 0 heterocycles. The van der Waals surface area contributed by atoms with E-state index in [4.69, 9.17) is 0 Å². The van der Waals surface area contributed by atoms with Gasteiger partial charge in [-0.25, -0.2) is 0 Å². The van der Waals surface area contributed by atoms with E-state index < -0.39 is 6.10 Å². The lowest BCUT2D eigenvalue weighted by atomic mass is 9.96. The number of quaternary nitrogens is 1. The summed E-state index contributed by atoms with van der Waals surface area (Å²) in [6, 6.07) is 13.7. The first-order chi connectivity index (χ1) is 11.4. The zero-order valence-corrected chi connectivity index (χ0v) is 16.2. The van der Waals surface area contributed by atoms with E-state index in [1.165, 1.54) is 5.56 Å². The second-order valence-corrected chi connectivity index (χ2v) is 6.66. The van der Waals surface area contributed by atoms with Gasteiger partial charge in [0.1, 0.15) is 12.1 Å². The van der Waals surface area contributed by atoms with E-state index in [0.717, 1.165) is 22.3 Å². The van der Waals surface area contributed by atoms with Gasteiger partial charge in [0, 0.05) is 5.56 Å². The lowest BCUT2D eigenvalue weighted by molar-refractivity contribution is -0.693. The van der Waals surface area contributed by atoms with Crippen molar-refractivity contribution >= 4 is 5.78 Å². The Kier molecular flexibility index (Phi) is 8.30. The van der Waals surface area contributed by atoms with Gasteiger partial charge >= 0.3 is 0 Å². The number of hydrogen-bond acceptors (Lipinski definition) is 2. The Hall–Kier alpha value is -1.68. The van der Waals surface area contributed by atoms with E-state index in [-0.39, 0.29) is 24.2 Å². The van der Waals surface area contributed by atoms with Crippen LogP contribution in [-0.4, -0.2) is 23.5 Å². The molecule has 2 aromatic carbocycles. The van der Waals surface area contributed by atoms with Gasteiger partial charge in [-0.2, -0.15) is 0 Å². The molecule has 0 spiro atoms. The Labute approximate surface area is 156 Å². The van der Waals surface area contributed by atoms with E-state index in [1.54, 1.807) is 0 Å². The van der Waals surface area contributed by atoms with Gasteiger partial charge in [0.05, 0.1) is 13.0 Å². The van der Waals surface area contributed by atoms with Crippen LogP contribution in [0.15, 0.2) is 42.5 Å². The molecule has 25 heavy (non-hydrogen) atoms. The van der Waals surface area contributed by atoms with Crippen molar-refractivity contribution < 1.29 is 27.6 Å². The average Bonchev–Trinajstić information content (AvgIpc) is 2.58. The minimum Gasteiger partial charge on any atom is -1.00 e. The molecule has 2 aromatic rings. The molecule has 0 aliphatic rings. The van der Waals surface area contributed by atoms with Gasteiger partial charge < -0.3 is 22.8 Å². The van der Waals surface area contributed by atoms with Crippen LogP contribution in [0.5, 0.6) is 0 Å². The highest BCUT2D eigenvalue weighted by Crippen LogP contribution is 2.17. The molecule has 3 nitrogen and oxygen atoms in total. The van der Waals surface area contributed by atoms with Crippen LogP contribution in [0.3, 0.4) is 0 Å². The normalized spacial score (nSPS) is 13.0. The third-order valence-corrected chi connectivity index (χ3v) is 4.69. The molecule has 2 atom stereocenters. The van der Waals surface area contributed by atoms with Crippen LogP contribution in [-0.2, 0) is 0 Å². The van der Waals surface area contributed by atoms with Gasteiger partial charge in [0.2, 0.25) is 0 Å². The van der Waals surface area contributed by atoms with Crippen LogP contribution in [0.2, 0.25) is 0 Å². The molecule has 0 aromatic heterocycles. The van der Waals surface area contributed by atoms with E-state index in [1.807, 2.05) is 62.5 Å². The lowest BCUT2D eigenvalue weighted by Gasteiger charge is -2.17. The summed E-state index contributed by atoms with van der Waals surface area (Å²) in [7, 11) is 0. The third kappa shape index (κ3) is 5.67. The third-order valence-electron chi connectivity index (χ3n) is 4.69. The highest BCUT2D eigenvalue weighted by atomic mass is 35.5. The Morgan fingerprint density at radius 2 is 1.64 bits per heavy atom.